The largest absolute Gasteiger partial charge is 0.483 e. The molecule has 0 saturated carbocycles. The van der Waals surface area contributed by atoms with E-state index in [1.165, 1.54) is 18.5 Å². The normalized spacial score (nSPS) is 18.2. The van der Waals surface area contributed by atoms with E-state index in [1.807, 2.05) is 19.1 Å². The van der Waals surface area contributed by atoms with Gasteiger partial charge in [-0.1, -0.05) is 19.1 Å². The van der Waals surface area contributed by atoms with Crippen LogP contribution >= 0.6 is 0 Å². The molecule has 5 heteroatoms. The van der Waals surface area contributed by atoms with Crippen LogP contribution in [0.5, 0.6) is 5.75 Å². The summed E-state index contributed by atoms with van der Waals surface area (Å²) in [6.45, 7) is 9.92. The zero-order chi connectivity index (χ0) is 16.2. The summed E-state index contributed by atoms with van der Waals surface area (Å²) in [6, 6.07) is 8.32. The first-order chi connectivity index (χ1) is 11.2. The van der Waals surface area contributed by atoms with Gasteiger partial charge < -0.3 is 14.2 Å². The van der Waals surface area contributed by atoms with Crippen LogP contribution in [0.15, 0.2) is 24.3 Å². The summed E-state index contributed by atoms with van der Waals surface area (Å²) in [6.07, 6.45) is 2.57. The number of piperidine rings is 1. The van der Waals surface area contributed by atoms with Gasteiger partial charge in [0, 0.05) is 19.6 Å². The average Bonchev–Trinajstić information content (AvgIpc) is 2.93. The van der Waals surface area contributed by atoms with Gasteiger partial charge in [-0.15, -0.1) is 10.2 Å². The molecule has 2 heterocycles. The van der Waals surface area contributed by atoms with E-state index in [0.717, 1.165) is 43.0 Å². The van der Waals surface area contributed by atoms with Gasteiger partial charge in [-0.05, 0) is 44.7 Å². The Balaban J connectivity index is 1.75. The Labute approximate surface area is 138 Å². The van der Waals surface area contributed by atoms with Gasteiger partial charge in [0.15, 0.2) is 5.82 Å². The van der Waals surface area contributed by atoms with Crippen LogP contribution in [-0.4, -0.2) is 27.9 Å². The molecule has 3 rings (SSSR count). The summed E-state index contributed by atoms with van der Waals surface area (Å²) in [5.41, 5.74) is 1.19. The lowest BCUT2D eigenvalue weighted by Gasteiger charge is -2.33. The highest BCUT2D eigenvalue weighted by molar-refractivity contribution is 5.58. The van der Waals surface area contributed by atoms with Crippen LogP contribution in [-0.2, 0) is 13.2 Å². The van der Waals surface area contributed by atoms with Gasteiger partial charge in [0.1, 0.15) is 18.2 Å². The second kappa shape index (κ2) is 7.02. The lowest BCUT2D eigenvalue weighted by molar-refractivity contribution is 0.288. The first-order valence-corrected chi connectivity index (χ1v) is 8.54. The van der Waals surface area contributed by atoms with Crippen LogP contribution in [0.1, 0.15) is 38.3 Å². The molecule has 0 aliphatic carbocycles. The summed E-state index contributed by atoms with van der Waals surface area (Å²) < 4.78 is 8.19. The van der Waals surface area contributed by atoms with Gasteiger partial charge in [0.2, 0.25) is 0 Å². The second-order valence-electron chi connectivity index (χ2n) is 6.36. The van der Waals surface area contributed by atoms with E-state index >= 15 is 0 Å². The highest BCUT2D eigenvalue weighted by Gasteiger charge is 2.19. The maximum atomic E-state index is 6.10. The summed E-state index contributed by atoms with van der Waals surface area (Å²) in [7, 11) is 0. The smallest absolute Gasteiger partial charge is 0.171 e. The minimum absolute atomic E-state index is 0.453. The molecule has 124 valence electrons. The summed E-state index contributed by atoms with van der Waals surface area (Å²) in [4.78, 5) is 2.44. The molecular formula is C18H26N4O. The Morgan fingerprint density at radius 3 is 2.87 bits per heavy atom. The Morgan fingerprint density at radius 2 is 2.09 bits per heavy atom. The molecule has 0 amide bonds. The molecule has 0 bridgehead atoms. The Kier molecular flexibility index (Phi) is 4.84. The molecule has 1 fully saturated rings. The molecule has 1 aromatic carbocycles. The molecule has 0 unspecified atom stereocenters. The van der Waals surface area contributed by atoms with Gasteiger partial charge in [0.05, 0.1) is 5.69 Å². The Bertz CT molecular complexity index is 652. The molecule has 0 N–H and O–H groups in total. The number of anilines is 1. The monoisotopic (exact) mass is 314 g/mol. The number of hydrogen-bond donors (Lipinski definition) is 0. The average molecular weight is 314 g/mol. The van der Waals surface area contributed by atoms with E-state index in [-0.39, 0.29) is 0 Å². The van der Waals surface area contributed by atoms with Crippen LogP contribution in [0.25, 0.3) is 0 Å². The lowest BCUT2D eigenvalue weighted by Crippen LogP contribution is -2.34. The van der Waals surface area contributed by atoms with E-state index < -0.39 is 0 Å². The van der Waals surface area contributed by atoms with Crippen molar-refractivity contribution in [1.29, 1.82) is 0 Å². The van der Waals surface area contributed by atoms with E-state index in [4.69, 9.17) is 4.74 Å². The van der Waals surface area contributed by atoms with E-state index in [9.17, 15) is 0 Å². The molecule has 0 radical (unpaired) electrons. The van der Waals surface area contributed by atoms with Crippen molar-refractivity contribution in [3.63, 3.8) is 0 Å². The van der Waals surface area contributed by atoms with Gasteiger partial charge in [-0.3, -0.25) is 0 Å². The van der Waals surface area contributed by atoms with E-state index in [2.05, 4.69) is 45.6 Å². The van der Waals surface area contributed by atoms with Crippen molar-refractivity contribution in [2.45, 2.75) is 46.8 Å². The van der Waals surface area contributed by atoms with Crippen molar-refractivity contribution in [3.8, 4) is 5.75 Å². The molecular weight excluding hydrogens is 288 g/mol. The van der Waals surface area contributed by atoms with Gasteiger partial charge in [-0.2, -0.15) is 0 Å². The molecule has 0 spiro atoms. The molecule has 1 atom stereocenters. The molecule has 1 saturated heterocycles. The number of ether oxygens (including phenoxy) is 1. The fourth-order valence-corrected chi connectivity index (χ4v) is 3.33. The maximum absolute atomic E-state index is 6.10. The summed E-state index contributed by atoms with van der Waals surface area (Å²) >= 11 is 0. The maximum Gasteiger partial charge on any atom is 0.171 e. The van der Waals surface area contributed by atoms with Crippen LogP contribution < -0.4 is 9.64 Å². The molecule has 23 heavy (non-hydrogen) atoms. The van der Waals surface area contributed by atoms with Crippen molar-refractivity contribution in [1.82, 2.24) is 14.8 Å². The first-order valence-electron chi connectivity index (χ1n) is 8.54. The number of aromatic nitrogens is 3. The van der Waals surface area contributed by atoms with Crippen LogP contribution in [0.3, 0.4) is 0 Å². The third kappa shape index (κ3) is 3.49. The SMILES string of the molecule is CCn1c(C)nnc1COc1ccccc1N1CCC[C@@H](C)C1. The second-order valence-corrected chi connectivity index (χ2v) is 6.36. The van der Waals surface area contributed by atoms with Gasteiger partial charge >= 0.3 is 0 Å². The zero-order valence-corrected chi connectivity index (χ0v) is 14.3. The Morgan fingerprint density at radius 1 is 1.26 bits per heavy atom. The molecule has 1 aromatic heterocycles. The van der Waals surface area contributed by atoms with E-state index in [1.54, 1.807) is 0 Å². The highest BCUT2D eigenvalue weighted by Crippen LogP contribution is 2.31. The predicted molar refractivity (Wildman–Crippen MR) is 91.8 cm³/mol. The quantitative estimate of drug-likeness (QED) is 0.848. The van der Waals surface area contributed by atoms with Crippen molar-refractivity contribution in [2.75, 3.05) is 18.0 Å². The number of hydrogen-bond acceptors (Lipinski definition) is 4. The highest BCUT2D eigenvalue weighted by atomic mass is 16.5. The standard InChI is InChI=1S/C18H26N4O/c1-4-22-15(3)19-20-18(22)13-23-17-10-6-5-9-16(17)21-11-7-8-14(2)12-21/h5-6,9-10,14H,4,7-8,11-13H2,1-3H3/t14-/m1/s1. The number of aryl methyl sites for hydroxylation is 1. The summed E-state index contributed by atoms with van der Waals surface area (Å²) in [5.74, 6) is 3.49. The number of benzene rings is 1. The molecule has 1 aliphatic heterocycles. The van der Waals surface area contributed by atoms with Crippen LogP contribution in [0, 0.1) is 12.8 Å². The summed E-state index contributed by atoms with van der Waals surface area (Å²) in [5, 5.41) is 8.37. The third-order valence-electron chi connectivity index (χ3n) is 4.55. The number of nitrogens with zero attached hydrogens (tertiary/aromatic N) is 4. The van der Waals surface area contributed by atoms with E-state index in [0.29, 0.717) is 6.61 Å². The minimum atomic E-state index is 0.453. The fraction of sp³-hybridized carbons (Fsp3) is 0.556. The van der Waals surface area contributed by atoms with Crippen molar-refractivity contribution < 1.29 is 4.74 Å². The van der Waals surface area contributed by atoms with Crippen LogP contribution in [0.2, 0.25) is 0 Å². The van der Waals surface area contributed by atoms with Crippen molar-refractivity contribution in [3.05, 3.63) is 35.9 Å². The lowest BCUT2D eigenvalue weighted by atomic mass is 9.99. The molecule has 5 nitrogen and oxygen atoms in total. The van der Waals surface area contributed by atoms with Crippen molar-refractivity contribution >= 4 is 5.69 Å². The van der Waals surface area contributed by atoms with Gasteiger partial charge in [0.25, 0.3) is 0 Å². The first kappa shape index (κ1) is 15.8. The fourth-order valence-electron chi connectivity index (χ4n) is 3.33. The number of para-hydroxylation sites is 2. The van der Waals surface area contributed by atoms with Gasteiger partial charge in [-0.25, -0.2) is 0 Å². The minimum Gasteiger partial charge on any atom is -0.483 e. The Hall–Kier alpha value is -2.04. The zero-order valence-electron chi connectivity index (χ0n) is 14.3. The molecule has 1 aliphatic rings. The topological polar surface area (TPSA) is 43.2 Å². The van der Waals surface area contributed by atoms with Crippen molar-refractivity contribution in [2.24, 2.45) is 5.92 Å². The number of rotatable bonds is 5. The molecule has 2 aromatic rings. The predicted octanol–water partition coefficient (Wildman–Crippen LogP) is 3.42. The van der Waals surface area contributed by atoms with Crippen LogP contribution in [0.4, 0.5) is 5.69 Å². The third-order valence-corrected chi connectivity index (χ3v) is 4.55.